The summed E-state index contributed by atoms with van der Waals surface area (Å²) in [5, 5.41) is 3.36. The van der Waals surface area contributed by atoms with E-state index in [-0.39, 0.29) is 0 Å². The van der Waals surface area contributed by atoms with Crippen molar-refractivity contribution >= 4 is 0 Å². The van der Waals surface area contributed by atoms with E-state index in [0.717, 1.165) is 13.2 Å². The Bertz CT molecular complexity index is 97.4. The van der Waals surface area contributed by atoms with Crippen LogP contribution in [0.15, 0.2) is 12.7 Å². The molecule has 58 valence electrons. The highest BCUT2D eigenvalue weighted by Crippen LogP contribution is 2.04. The van der Waals surface area contributed by atoms with Gasteiger partial charge in [-0.15, -0.1) is 6.58 Å². The van der Waals surface area contributed by atoms with Crippen molar-refractivity contribution in [2.24, 2.45) is 0 Å². The summed E-state index contributed by atoms with van der Waals surface area (Å²) in [4.78, 5) is 0. The first-order valence-electron chi connectivity index (χ1n) is 3.85. The standard InChI is InChI=1S/C8H15NO/c1-2-6-10-7-8-4-3-5-9-8/h2,8-9H,1,3-7H2/t8-/m1/s1. The zero-order chi connectivity index (χ0) is 7.23. The van der Waals surface area contributed by atoms with E-state index in [9.17, 15) is 0 Å². The van der Waals surface area contributed by atoms with Crippen molar-refractivity contribution in [3.8, 4) is 0 Å². The Balaban J connectivity index is 1.96. The molecule has 0 aromatic rings. The summed E-state index contributed by atoms with van der Waals surface area (Å²) < 4.78 is 5.29. The lowest BCUT2D eigenvalue weighted by molar-refractivity contribution is 0.141. The molecule has 0 bridgehead atoms. The topological polar surface area (TPSA) is 21.3 Å². The fraction of sp³-hybridized carbons (Fsp3) is 0.750. The Kier molecular flexibility index (Phi) is 3.47. The molecule has 2 heteroatoms. The molecule has 0 spiro atoms. The van der Waals surface area contributed by atoms with Crippen LogP contribution in [0.3, 0.4) is 0 Å². The van der Waals surface area contributed by atoms with Gasteiger partial charge in [-0.1, -0.05) is 6.08 Å². The van der Waals surface area contributed by atoms with Gasteiger partial charge in [-0.3, -0.25) is 0 Å². The molecule has 1 aliphatic heterocycles. The molecule has 0 radical (unpaired) electrons. The smallest absolute Gasteiger partial charge is 0.0645 e. The zero-order valence-electron chi connectivity index (χ0n) is 6.31. The monoisotopic (exact) mass is 141 g/mol. The fourth-order valence-corrected chi connectivity index (χ4v) is 1.19. The van der Waals surface area contributed by atoms with Gasteiger partial charge in [-0.05, 0) is 19.4 Å². The summed E-state index contributed by atoms with van der Waals surface area (Å²) in [5.41, 5.74) is 0. The molecule has 1 aliphatic rings. The average Bonchev–Trinajstić information content (AvgIpc) is 2.41. The largest absolute Gasteiger partial charge is 0.376 e. The highest BCUT2D eigenvalue weighted by atomic mass is 16.5. The van der Waals surface area contributed by atoms with Crippen molar-refractivity contribution in [1.29, 1.82) is 0 Å². The first-order chi connectivity index (χ1) is 4.93. The molecular formula is C8H15NO. The van der Waals surface area contributed by atoms with Crippen molar-refractivity contribution in [1.82, 2.24) is 5.32 Å². The summed E-state index contributed by atoms with van der Waals surface area (Å²) in [6.07, 6.45) is 4.34. The summed E-state index contributed by atoms with van der Waals surface area (Å²) >= 11 is 0. The molecule has 0 amide bonds. The van der Waals surface area contributed by atoms with Gasteiger partial charge >= 0.3 is 0 Å². The number of nitrogens with one attached hydrogen (secondary N) is 1. The summed E-state index contributed by atoms with van der Waals surface area (Å²) in [6, 6.07) is 0.597. The van der Waals surface area contributed by atoms with Crippen LogP contribution < -0.4 is 5.32 Å². The third-order valence-corrected chi connectivity index (χ3v) is 1.72. The minimum Gasteiger partial charge on any atom is -0.376 e. The summed E-state index contributed by atoms with van der Waals surface area (Å²) in [6.45, 7) is 6.25. The maximum Gasteiger partial charge on any atom is 0.0645 e. The Labute approximate surface area is 62.3 Å². The average molecular weight is 141 g/mol. The molecule has 0 unspecified atom stereocenters. The Morgan fingerprint density at radius 1 is 1.70 bits per heavy atom. The van der Waals surface area contributed by atoms with Crippen molar-refractivity contribution in [3.05, 3.63) is 12.7 Å². The Morgan fingerprint density at radius 2 is 2.60 bits per heavy atom. The van der Waals surface area contributed by atoms with Crippen LogP contribution in [0.25, 0.3) is 0 Å². The first kappa shape index (κ1) is 7.76. The van der Waals surface area contributed by atoms with Crippen LogP contribution in [0.1, 0.15) is 12.8 Å². The summed E-state index contributed by atoms with van der Waals surface area (Å²) in [7, 11) is 0. The van der Waals surface area contributed by atoms with Crippen LogP contribution >= 0.6 is 0 Å². The predicted octanol–water partition coefficient (Wildman–Crippen LogP) is 0.941. The number of ether oxygens (including phenoxy) is 1. The lowest BCUT2D eigenvalue weighted by Crippen LogP contribution is -2.26. The van der Waals surface area contributed by atoms with Crippen LogP contribution in [0, 0.1) is 0 Å². The van der Waals surface area contributed by atoms with Crippen LogP contribution in [0.2, 0.25) is 0 Å². The van der Waals surface area contributed by atoms with Gasteiger partial charge in [0.2, 0.25) is 0 Å². The molecule has 1 fully saturated rings. The lowest BCUT2D eigenvalue weighted by Gasteiger charge is -2.08. The normalized spacial score (nSPS) is 25.0. The van der Waals surface area contributed by atoms with E-state index in [0.29, 0.717) is 12.6 Å². The predicted molar refractivity (Wildman–Crippen MR) is 42.0 cm³/mol. The van der Waals surface area contributed by atoms with E-state index in [1.807, 2.05) is 0 Å². The van der Waals surface area contributed by atoms with E-state index >= 15 is 0 Å². The van der Waals surface area contributed by atoms with Crippen LogP contribution in [0.4, 0.5) is 0 Å². The molecule has 1 saturated heterocycles. The number of hydrogen-bond acceptors (Lipinski definition) is 2. The minimum absolute atomic E-state index is 0.597. The van der Waals surface area contributed by atoms with Crippen molar-refractivity contribution in [2.75, 3.05) is 19.8 Å². The molecule has 0 aromatic heterocycles. The van der Waals surface area contributed by atoms with Crippen LogP contribution in [-0.4, -0.2) is 25.8 Å². The van der Waals surface area contributed by atoms with Gasteiger partial charge in [0, 0.05) is 6.04 Å². The molecule has 0 aliphatic carbocycles. The highest BCUT2D eigenvalue weighted by Gasteiger charge is 2.12. The third-order valence-electron chi connectivity index (χ3n) is 1.72. The van der Waals surface area contributed by atoms with Crippen molar-refractivity contribution in [3.63, 3.8) is 0 Å². The molecule has 1 heterocycles. The zero-order valence-corrected chi connectivity index (χ0v) is 6.31. The molecular weight excluding hydrogens is 126 g/mol. The van der Waals surface area contributed by atoms with Crippen molar-refractivity contribution < 1.29 is 4.74 Å². The van der Waals surface area contributed by atoms with E-state index in [1.165, 1.54) is 12.8 Å². The molecule has 1 rings (SSSR count). The molecule has 2 nitrogen and oxygen atoms in total. The number of rotatable bonds is 4. The van der Waals surface area contributed by atoms with E-state index in [1.54, 1.807) is 6.08 Å². The van der Waals surface area contributed by atoms with Crippen molar-refractivity contribution in [2.45, 2.75) is 18.9 Å². The molecule has 1 atom stereocenters. The van der Waals surface area contributed by atoms with Crippen LogP contribution in [-0.2, 0) is 4.74 Å². The van der Waals surface area contributed by atoms with Gasteiger partial charge in [0.1, 0.15) is 0 Å². The van der Waals surface area contributed by atoms with Crippen LogP contribution in [0.5, 0.6) is 0 Å². The van der Waals surface area contributed by atoms with E-state index in [2.05, 4.69) is 11.9 Å². The molecule has 1 N–H and O–H groups in total. The van der Waals surface area contributed by atoms with Gasteiger partial charge in [0.15, 0.2) is 0 Å². The van der Waals surface area contributed by atoms with E-state index in [4.69, 9.17) is 4.74 Å². The van der Waals surface area contributed by atoms with Gasteiger partial charge in [0.05, 0.1) is 13.2 Å². The van der Waals surface area contributed by atoms with Gasteiger partial charge in [-0.2, -0.15) is 0 Å². The maximum absolute atomic E-state index is 5.29. The Hall–Kier alpha value is -0.340. The summed E-state index contributed by atoms with van der Waals surface area (Å²) in [5.74, 6) is 0. The second-order valence-electron chi connectivity index (χ2n) is 2.62. The number of hydrogen-bond donors (Lipinski definition) is 1. The molecule has 0 saturated carbocycles. The van der Waals surface area contributed by atoms with Gasteiger partial charge < -0.3 is 10.1 Å². The minimum atomic E-state index is 0.597. The third kappa shape index (κ3) is 2.50. The highest BCUT2D eigenvalue weighted by molar-refractivity contribution is 4.74. The first-order valence-corrected chi connectivity index (χ1v) is 3.85. The lowest BCUT2D eigenvalue weighted by atomic mass is 10.2. The molecule has 0 aromatic carbocycles. The SMILES string of the molecule is C=CCOC[C@H]1CCCN1. The molecule has 10 heavy (non-hydrogen) atoms. The van der Waals surface area contributed by atoms with Gasteiger partial charge in [0.25, 0.3) is 0 Å². The second-order valence-corrected chi connectivity index (χ2v) is 2.62. The maximum atomic E-state index is 5.29. The quantitative estimate of drug-likeness (QED) is 0.464. The van der Waals surface area contributed by atoms with E-state index < -0.39 is 0 Å². The van der Waals surface area contributed by atoms with Gasteiger partial charge in [-0.25, -0.2) is 0 Å². The second kappa shape index (κ2) is 4.47. The fourth-order valence-electron chi connectivity index (χ4n) is 1.19. The Morgan fingerprint density at radius 3 is 3.20 bits per heavy atom.